The van der Waals surface area contributed by atoms with Crippen molar-refractivity contribution in [1.29, 1.82) is 0 Å². The van der Waals surface area contributed by atoms with Gasteiger partial charge in [-0.2, -0.15) is 0 Å². The van der Waals surface area contributed by atoms with Crippen molar-refractivity contribution in [2.75, 3.05) is 26.2 Å². The summed E-state index contributed by atoms with van der Waals surface area (Å²) in [5.41, 5.74) is 0. The van der Waals surface area contributed by atoms with Crippen molar-refractivity contribution >= 4 is 0 Å². The molecule has 0 aliphatic carbocycles. The second-order valence-corrected chi connectivity index (χ2v) is 4.68. The van der Waals surface area contributed by atoms with Gasteiger partial charge in [-0.3, -0.25) is 0 Å². The summed E-state index contributed by atoms with van der Waals surface area (Å²) < 4.78 is 0. The lowest BCUT2D eigenvalue weighted by atomic mass is 10.2. The van der Waals surface area contributed by atoms with Crippen molar-refractivity contribution < 1.29 is 5.11 Å². The van der Waals surface area contributed by atoms with E-state index in [2.05, 4.69) is 10.2 Å². The summed E-state index contributed by atoms with van der Waals surface area (Å²) in [6.07, 6.45) is 5.74. The molecule has 0 bridgehead atoms. The molecule has 0 spiro atoms. The maximum atomic E-state index is 9.53. The highest BCUT2D eigenvalue weighted by molar-refractivity contribution is 4.79. The maximum Gasteiger partial charge on any atom is 0.0553 e. The zero-order chi connectivity index (χ0) is 9.80. The molecule has 2 aliphatic heterocycles. The lowest BCUT2D eigenvalue weighted by Crippen LogP contribution is -2.38. The van der Waals surface area contributed by atoms with E-state index in [0.717, 1.165) is 25.8 Å². The molecule has 2 fully saturated rings. The standard InChI is InChI=1S/C11H22N2O/c14-11-4-2-7-13(8-5-11)9-10-3-1-6-12-10/h10-12,14H,1-9H2. The van der Waals surface area contributed by atoms with E-state index in [0.29, 0.717) is 6.04 Å². The van der Waals surface area contributed by atoms with Gasteiger partial charge in [0.05, 0.1) is 6.10 Å². The third-order valence-electron chi connectivity index (χ3n) is 3.43. The zero-order valence-electron chi connectivity index (χ0n) is 8.91. The van der Waals surface area contributed by atoms with E-state index in [4.69, 9.17) is 0 Å². The summed E-state index contributed by atoms with van der Waals surface area (Å²) in [6.45, 7) is 4.64. The molecule has 0 amide bonds. The third kappa shape index (κ3) is 2.94. The molecule has 2 unspecified atom stereocenters. The third-order valence-corrected chi connectivity index (χ3v) is 3.43. The number of nitrogens with one attached hydrogen (secondary N) is 1. The van der Waals surface area contributed by atoms with Crippen LogP contribution >= 0.6 is 0 Å². The van der Waals surface area contributed by atoms with E-state index < -0.39 is 0 Å². The summed E-state index contributed by atoms with van der Waals surface area (Å²) >= 11 is 0. The van der Waals surface area contributed by atoms with Crippen molar-refractivity contribution in [3.05, 3.63) is 0 Å². The molecule has 2 aliphatic rings. The normalized spacial score (nSPS) is 35.8. The van der Waals surface area contributed by atoms with Crippen LogP contribution in [0.25, 0.3) is 0 Å². The van der Waals surface area contributed by atoms with Crippen molar-refractivity contribution in [2.24, 2.45) is 0 Å². The molecule has 2 saturated heterocycles. The Bertz CT molecular complexity index is 169. The first-order chi connectivity index (χ1) is 6.84. The first-order valence-electron chi connectivity index (χ1n) is 5.98. The smallest absolute Gasteiger partial charge is 0.0553 e. The van der Waals surface area contributed by atoms with Crippen LogP contribution in [-0.4, -0.2) is 48.3 Å². The Morgan fingerprint density at radius 1 is 1.14 bits per heavy atom. The maximum absolute atomic E-state index is 9.53. The molecule has 0 radical (unpaired) electrons. The monoisotopic (exact) mass is 198 g/mol. The van der Waals surface area contributed by atoms with Crippen LogP contribution in [0.3, 0.4) is 0 Å². The minimum Gasteiger partial charge on any atom is -0.393 e. The lowest BCUT2D eigenvalue weighted by molar-refractivity contribution is 0.154. The average Bonchev–Trinajstić information content (AvgIpc) is 2.58. The average molecular weight is 198 g/mol. The molecule has 82 valence electrons. The minimum absolute atomic E-state index is 0.0449. The van der Waals surface area contributed by atoms with Gasteiger partial charge >= 0.3 is 0 Å². The molecule has 0 aromatic carbocycles. The van der Waals surface area contributed by atoms with Gasteiger partial charge in [0.2, 0.25) is 0 Å². The van der Waals surface area contributed by atoms with Crippen LogP contribution < -0.4 is 5.32 Å². The fourth-order valence-electron chi connectivity index (χ4n) is 2.55. The van der Waals surface area contributed by atoms with E-state index in [9.17, 15) is 5.11 Å². The highest BCUT2D eigenvalue weighted by Gasteiger charge is 2.20. The predicted molar refractivity (Wildman–Crippen MR) is 57.3 cm³/mol. The van der Waals surface area contributed by atoms with E-state index in [1.165, 1.54) is 32.5 Å². The van der Waals surface area contributed by atoms with Gasteiger partial charge in [0, 0.05) is 19.1 Å². The van der Waals surface area contributed by atoms with Crippen LogP contribution in [0.4, 0.5) is 0 Å². The first-order valence-corrected chi connectivity index (χ1v) is 5.98. The van der Waals surface area contributed by atoms with Gasteiger partial charge in [0.15, 0.2) is 0 Å². The molecule has 14 heavy (non-hydrogen) atoms. The van der Waals surface area contributed by atoms with E-state index in [1.54, 1.807) is 0 Å². The quantitative estimate of drug-likeness (QED) is 0.681. The Kier molecular flexibility index (Phi) is 3.79. The SMILES string of the molecule is OC1CCCN(CC2CCCN2)CC1. The van der Waals surface area contributed by atoms with Crippen LogP contribution in [0.5, 0.6) is 0 Å². The van der Waals surface area contributed by atoms with Gasteiger partial charge in [-0.25, -0.2) is 0 Å². The zero-order valence-corrected chi connectivity index (χ0v) is 8.91. The molecule has 2 rings (SSSR count). The van der Waals surface area contributed by atoms with Crippen molar-refractivity contribution in [3.63, 3.8) is 0 Å². The van der Waals surface area contributed by atoms with E-state index in [-0.39, 0.29) is 6.10 Å². The molecular formula is C11H22N2O. The number of hydrogen-bond acceptors (Lipinski definition) is 3. The first kappa shape index (κ1) is 10.4. The molecule has 0 aromatic rings. The summed E-state index contributed by atoms with van der Waals surface area (Å²) in [5.74, 6) is 0. The Balaban J connectivity index is 1.73. The summed E-state index contributed by atoms with van der Waals surface area (Å²) in [4.78, 5) is 2.51. The van der Waals surface area contributed by atoms with Crippen molar-refractivity contribution in [3.8, 4) is 0 Å². The fourth-order valence-corrected chi connectivity index (χ4v) is 2.55. The summed E-state index contributed by atoms with van der Waals surface area (Å²) in [7, 11) is 0. The number of aliphatic hydroxyl groups is 1. The number of hydrogen-bond donors (Lipinski definition) is 2. The topological polar surface area (TPSA) is 35.5 Å². The van der Waals surface area contributed by atoms with Crippen molar-refractivity contribution in [2.45, 2.75) is 44.2 Å². The van der Waals surface area contributed by atoms with Crippen LogP contribution in [0.2, 0.25) is 0 Å². The highest BCUT2D eigenvalue weighted by Crippen LogP contribution is 2.13. The van der Waals surface area contributed by atoms with Crippen LogP contribution in [0.15, 0.2) is 0 Å². The van der Waals surface area contributed by atoms with Crippen LogP contribution in [0, 0.1) is 0 Å². The Morgan fingerprint density at radius 3 is 2.86 bits per heavy atom. The molecule has 2 heterocycles. The molecule has 2 N–H and O–H groups in total. The molecule has 0 saturated carbocycles. The van der Waals surface area contributed by atoms with Gasteiger partial charge < -0.3 is 15.3 Å². The number of aliphatic hydroxyl groups excluding tert-OH is 1. The Labute approximate surface area is 86.5 Å². The van der Waals surface area contributed by atoms with Gasteiger partial charge in [-0.15, -0.1) is 0 Å². The van der Waals surface area contributed by atoms with Gasteiger partial charge in [0.1, 0.15) is 0 Å². The highest BCUT2D eigenvalue weighted by atomic mass is 16.3. The van der Waals surface area contributed by atoms with E-state index in [1.807, 2.05) is 0 Å². The summed E-state index contributed by atoms with van der Waals surface area (Å²) in [6, 6.07) is 0.713. The molecule has 3 nitrogen and oxygen atoms in total. The lowest BCUT2D eigenvalue weighted by Gasteiger charge is -2.23. The summed E-state index contributed by atoms with van der Waals surface area (Å²) in [5, 5.41) is 13.1. The minimum atomic E-state index is -0.0449. The largest absolute Gasteiger partial charge is 0.393 e. The molecule has 0 aromatic heterocycles. The van der Waals surface area contributed by atoms with E-state index >= 15 is 0 Å². The fraction of sp³-hybridized carbons (Fsp3) is 1.00. The molecule has 3 heteroatoms. The van der Waals surface area contributed by atoms with Crippen LogP contribution in [-0.2, 0) is 0 Å². The Hall–Kier alpha value is -0.120. The number of nitrogens with zero attached hydrogens (tertiary/aromatic N) is 1. The van der Waals surface area contributed by atoms with Gasteiger partial charge in [-0.1, -0.05) is 0 Å². The molecular weight excluding hydrogens is 176 g/mol. The van der Waals surface area contributed by atoms with Gasteiger partial charge in [0.25, 0.3) is 0 Å². The second kappa shape index (κ2) is 5.10. The predicted octanol–water partition coefficient (Wildman–Crippen LogP) is 0.585. The van der Waals surface area contributed by atoms with Crippen LogP contribution in [0.1, 0.15) is 32.1 Å². The second-order valence-electron chi connectivity index (χ2n) is 4.68. The number of rotatable bonds is 2. The number of likely N-dealkylation sites (tertiary alicyclic amines) is 1. The molecule has 2 atom stereocenters. The van der Waals surface area contributed by atoms with Crippen molar-refractivity contribution in [1.82, 2.24) is 10.2 Å². The Morgan fingerprint density at radius 2 is 2.07 bits per heavy atom. The van der Waals surface area contributed by atoms with Gasteiger partial charge in [-0.05, 0) is 45.2 Å².